The van der Waals surface area contributed by atoms with Gasteiger partial charge in [0.25, 0.3) is 5.91 Å². The van der Waals surface area contributed by atoms with Crippen LogP contribution >= 0.6 is 0 Å². The van der Waals surface area contributed by atoms with E-state index >= 15 is 0 Å². The second kappa shape index (κ2) is 4.50. The fraction of sp³-hybridized carbons (Fsp3) is 0.300. The molecule has 1 aromatic carbocycles. The second-order valence-corrected chi connectivity index (χ2v) is 2.97. The summed E-state index contributed by atoms with van der Waals surface area (Å²) < 4.78 is 0. The second-order valence-electron chi connectivity index (χ2n) is 2.97. The molecule has 0 saturated carbocycles. The van der Waals surface area contributed by atoms with Gasteiger partial charge in [-0.1, -0.05) is 29.8 Å². The van der Waals surface area contributed by atoms with Gasteiger partial charge in [-0.3, -0.25) is 4.79 Å². The van der Waals surface area contributed by atoms with Crippen LogP contribution in [-0.4, -0.2) is 5.91 Å². The molecule has 0 aliphatic rings. The van der Waals surface area contributed by atoms with Crippen LogP contribution in [0.4, 0.5) is 0 Å². The molecule has 0 saturated heterocycles. The highest BCUT2D eigenvalue weighted by atomic mass is 16.3. The van der Waals surface area contributed by atoms with Crippen LogP contribution in [0.2, 0.25) is 0 Å². The zero-order valence-corrected chi connectivity index (χ0v) is 7.49. The SMILES string of the molecule is Cc1ccc(CCC(=O)N=O)cc1. The van der Waals surface area contributed by atoms with Crippen LogP contribution in [0.1, 0.15) is 17.5 Å². The largest absolute Gasteiger partial charge is 0.286 e. The summed E-state index contributed by atoms with van der Waals surface area (Å²) in [5.74, 6) is -0.583. The van der Waals surface area contributed by atoms with E-state index in [4.69, 9.17) is 0 Å². The zero-order valence-electron chi connectivity index (χ0n) is 7.49. The van der Waals surface area contributed by atoms with E-state index in [1.54, 1.807) is 0 Å². The van der Waals surface area contributed by atoms with Gasteiger partial charge in [-0.25, -0.2) is 0 Å². The summed E-state index contributed by atoms with van der Waals surface area (Å²) in [6.07, 6.45) is 0.789. The molecule has 13 heavy (non-hydrogen) atoms. The maximum absolute atomic E-state index is 10.6. The summed E-state index contributed by atoms with van der Waals surface area (Å²) in [5.41, 5.74) is 2.24. The summed E-state index contributed by atoms with van der Waals surface area (Å²) in [5, 5.41) is 2.33. The molecule has 0 bridgehead atoms. The molecule has 0 unspecified atom stereocenters. The van der Waals surface area contributed by atoms with Crippen molar-refractivity contribution in [2.75, 3.05) is 0 Å². The van der Waals surface area contributed by atoms with Crippen molar-refractivity contribution in [2.24, 2.45) is 5.18 Å². The van der Waals surface area contributed by atoms with Crippen molar-refractivity contribution < 1.29 is 4.79 Å². The van der Waals surface area contributed by atoms with E-state index in [2.05, 4.69) is 5.18 Å². The molecule has 0 aliphatic heterocycles. The Morgan fingerprint density at radius 3 is 2.46 bits per heavy atom. The van der Waals surface area contributed by atoms with Crippen LogP contribution in [0.5, 0.6) is 0 Å². The highest BCUT2D eigenvalue weighted by Crippen LogP contribution is 2.05. The Hall–Kier alpha value is -1.51. The van der Waals surface area contributed by atoms with Crippen molar-refractivity contribution in [3.05, 3.63) is 40.3 Å². The van der Waals surface area contributed by atoms with E-state index in [0.717, 1.165) is 5.56 Å². The molecule has 68 valence electrons. The Morgan fingerprint density at radius 2 is 1.92 bits per heavy atom. The van der Waals surface area contributed by atoms with Crippen LogP contribution in [0.3, 0.4) is 0 Å². The topological polar surface area (TPSA) is 46.5 Å². The first kappa shape index (κ1) is 9.58. The lowest BCUT2D eigenvalue weighted by Gasteiger charge is -1.98. The average molecular weight is 177 g/mol. The molecule has 0 radical (unpaired) electrons. The van der Waals surface area contributed by atoms with Gasteiger partial charge in [0.1, 0.15) is 0 Å². The summed E-state index contributed by atoms with van der Waals surface area (Å²) in [4.78, 5) is 20.4. The normalized spacial score (nSPS) is 9.62. The van der Waals surface area contributed by atoms with E-state index in [-0.39, 0.29) is 6.42 Å². The minimum atomic E-state index is -0.583. The lowest BCUT2D eigenvalue weighted by Crippen LogP contribution is -1.94. The standard InChI is InChI=1S/C10H11NO2/c1-8-2-4-9(5-3-8)6-7-10(12)11-13/h2-5H,6-7H2,1H3. The Kier molecular flexibility index (Phi) is 3.31. The van der Waals surface area contributed by atoms with Gasteiger partial charge in [0.05, 0.1) is 0 Å². The fourth-order valence-corrected chi connectivity index (χ4v) is 1.05. The molecular weight excluding hydrogens is 166 g/mol. The highest BCUT2D eigenvalue weighted by molar-refractivity contribution is 5.76. The Balaban J connectivity index is 2.50. The lowest BCUT2D eigenvalue weighted by atomic mass is 10.1. The molecule has 0 spiro atoms. The molecular formula is C10H11NO2. The summed E-state index contributed by atoms with van der Waals surface area (Å²) in [6, 6.07) is 7.86. The molecule has 1 amide bonds. The number of aryl methyl sites for hydroxylation is 2. The van der Waals surface area contributed by atoms with Gasteiger partial charge in [-0.05, 0) is 18.9 Å². The van der Waals surface area contributed by atoms with Gasteiger partial charge in [0.2, 0.25) is 0 Å². The first-order valence-corrected chi connectivity index (χ1v) is 4.14. The molecule has 3 nitrogen and oxygen atoms in total. The molecule has 1 rings (SSSR count). The first-order chi connectivity index (χ1) is 6.22. The molecule has 0 aliphatic carbocycles. The lowest BCUT2D eigenvalue weighted by molar-refractivity contribution is -0.117. The minimum absolute atomic E-state index is 0.201. The van der Waals surface area contributed by atoms with Crippen LogP contribution in [-0.2, 0) is 11.2 Å². The van der Waals surface area contributed by atoms with Gasteiger partial charge >= 0.3 is 0 Å². The van der Waals surface area contributed by atoms with Gasteiger partial charge in [-0.2, -0.15) is 0 Å². The van der Waals surface area contributed by atoms with Gasteiger partial charge in [0.15, 0.2) is 0 Å². The number of nitrogens with zero attached hydrogens (tertiary/aromatic N) is 1. The number of hydrogen-bond donors (Lipinski definition) is 0. The van der Waals surface area contributed by atoms with E-state index in [9.17, 15) is 9.70 Å². The maximum atomic E-state index is 10.6. The quantitative estimate of drug-likeness (QED) is 0.664. The van der Waals surface area contributed by atoms with Crippen molar-refractivity contribution in [3.8, 4) is 0 Å². The van der Waals surface area contributed by atoms with Crippen molar-refractivity contribution in [3.63, 3.8) is 0 Å². The first-order valence-electron chi connectivity index (χ1n) is 4.14. The van der Waals surface area contributed by atoms with Crippen LogP contribution < -0.4 is 0 Å². The predicted molar refractivity (Wildman–Crippen MR) is 50.3 cm³/mol. The number of hydrogen-bond acceptors (Lipinski definition) is 2. The number of rotatable bonds is 3. The summed E-state index contributed by atoms with van der Waals surface area (Å²) >= 11 is 0. The Bertz CT molecular complexity index is 303. The smallest absolute Gasteiger partial charge is 0.269 e. The third-order valence-corrected chi connectivity index (χ3v) is 1.85. The number of carbonyl (C=O) groups is 1. The zero-order chi connectivity index (χ0) is 9.68. The minimum Gasteiger partial charge on any atom is -0.269 e. The maximum Gasteiger partial charge on any atom is 0.286 e. The molecule has 0 aromatic heterocycles. The Labute approximate surface area is 76.7 Å². The van der Waals surface area contributed by atoms with Crippen molar-refractivity contribution in [1.82, 2.24) is 0 Å². The van der Waals surface area contributed by atoms with Crippen LogP contribution in [0.25, 0.3) is 0 Å². The number of amides is 1. The number of benzene rings is 1. The third-order valence-electron chi connectivity index (χ3n) is 1.85. The van der Waals surface area contributed by atoms with Crippen molar-refractivity contribution >= 4 is 5.91 Å². The average Bonchev–Trinajstić information content (AvgIpc) is 2.16. The molecule has 0 heterocycles. The van der Waals surface area contributed by atoms with Crippen LogP contribution in [0, 0.1) is 11.8 Å². The molecule has 3 heteroatoms. The fourth-order valence-electron chi connectivity index (χ4n) is 1.05. The summed E-state index contributed by atoms with van der Waals surface area (Å²) in [6.45, 7) is 2.00. The third kappa shape index (κ3) is 3.15. The highest BCUT2D eigenvalue weighted by Gasteiger charge is 2.00. The van der Waals surface area contributed by atoms with Crippen molar-refractivity contribution in [2.45, 2.75) is 19.8 Å². The van der Waals surface area contributed by atoms with Crippen molar-refractivity contribution in [1.29, 1.82) is 0 Å². The molecule has 0 atom stereocenters. The van der Waals surface area contributed by atoms with Crippen LogP contribution in [0.15, 0.2) is 29.4 Å². The monoisotopic (exact) mass is 177 g/mol. The number of nitroso groups, excluding NO2 is 1. The molecule has 1 aromatic rings. The number of carbonyl (C=O) groups excluding carboxylic acids is 1. The van der Waals surface area contributed by atoms with E-state index in [1.165, 1.54) is 5.56 Å². The Morgan fingerprint density at radius 1 is 1.31 bits per heavy atom. The van der Waals surface area contributed by atoms with Gasteiger partial charge in [-0.15, -0.1) is 4.91 Å². The molecule has 0 N–H and O–H groups in total. The van der Waals surface area contributed by atoms with E-state index < -0.39 is 5.91 Å². The van der Waals surface area contributed by atoms with Gasteiger partial charge in [0, 0.05) is 11.6 Å². The van der Waals surface area contributed by atoms with E-state index in [0.29, 0.717) is 6.42 Å². The molecule has 0 fully saturated rings. The predicted octanol–water partition coefficient (Wildman–Crippen LogP) is 2.22. The van der Waals surface area contributed by atoms with Gasteiger partial charge < -0.3 is 0 Å². The summed E-state index contributed by atoms with van der Waals surface area (Å²) in [7, 11) is 0. The van der Waals surface area contributed by atoms with E-state index in [1.807, 2.05) is 31.2 Å².